The third-order valence-electron chi connectivity index (χ3n) is 9.26. The van der Waals surface area contributed by atoms with Gasteiger partial charge in [0.05, 0.1) is 6.61 Å². The van der Waals surface area contributed by atoms with Gasteiger partial charge >= 0.3 is 5.97 Å². The molecule has 0 aromatic rings. The number of nitrogens with zero attached hydrogens (tertiary/aromatic N) is 1. The second-order valence-electron chi connectivity index (χ2n) is 10.1. The fourth-order valence-electron chi connectivity index (χ4n) is 7.96. The average Bonchev–Trinajstić information content (AvgIpc) is 2.99. The van der Waals surface area contributed by atoms with Crippen molar-refractivity contribution in [3.8, 4) is 6.07 Å². The number of rotatable bonds is 2. The molecule has 4 aliphatic carbocycles. The van der Waals surface area contributed by atoms with Gasteiger partial charge in [0, 0.05) is 0 Å². The molecular formula is C24H35NO2. The van der Waals surface area contributed by atoms with Gasteiger partial charge < -0.3 is 4.74 Å². The van der Waals surface area contributed by atoms with Crippen molar-refractivity contribution in [2.75, 3.05) is 6.61 Å². The summed E-state index contributed by atoms with van der Waals surface area (Å²) in [6, 6.07) is 2.22. The van der Waals surface area contributed by atoms with Crippen molar-refractivity contribution in [1.29, 1.82) is 5.26 Å². The maximum absolute atomic E-state index is 12.4. The smallest absolute Gasteiger partial charge is 0.348 e. The van der Waals surface area contributed by atoms with Crippen LogP contribution in [0.25, 0.3) is 0 Å². The molecule has 148 valence electrons. The first kappa shape index (κ1) is 19.0. The summed E-state index contributed by atoms with van der Waals surface area (Å²) in [5.74, 6) is 2.80. The lowest BCUT2D eigenvalue weighted by atomic mass is 9.45. The van der Waals surface area contributed by atoms with Gasteiger partial charge in [-0.15, -0.1) is 0 Å². The van der Waals surface area contributed by atoms with E-state index in [4.69, 9.17) is 4.74 Å². The van der Waals surface area contributed by atoms with Crippen LogP contribution in [0.3, 0.4) is 0 Å². The molecular weight excluding hydrogens is 334 g/mol. The van der Waals surface area contributed by atoms with Crippen LogP contribution in [0.15, 0.2) is 11.1 Å². The van der Waals surface area contributed by atoms with Crippen LogP contribution in [-0.2, 0) is 9.53 Å². The molecule has 0 aromatic heterocycles. The van der Waals surface area contributed by atoms with Crippen molar-refractivity contribution >= 4 is 5.97 Å². The summed E-state index contributed by atoms with van der Waals surface area (Å²) in [4.78, 5) is 12.4. The van der Waals surface area contributed by atoms with Gasteiger partial charge in [-0.3, -0.25) is 0 Å². The van der Waals surface area contributed by atoms with Crippen molar-refractivity contribution < 1.29 is 9.53 Å². The van der Waals surface area contributed by atoms with Crippen LogP contribution in [-0.4, -0.2) is 12.6 Å². The van der Waals surface area contributed by atoms with Gasteiger partial charge in [0.15, 0.2) is 0 Å². The first-order valence-electron chi connectivity index (χ1n) is 11.3. The van der Waals surface area contributed by atoms with Crippen LogP contribution in [0.2, 0.25) is 0 Å². The van der Waals surface area contributed by atoms with Crippen molar-refractivity contribution in [3.63, 3.8) is 0 Å². The normalized spacial score (nSPS) is 45.1. The highest BCUT2D eigenvalue weighted by Gasteiger charge is 2.59. The highest BCUT2D eigenvalue weighted by Crippen LogP contribution is 2.67. The van der Waals surface area contributed by atoms with Gasteiger partial charge in [0.2, 0.25) is 0 Å². The number of hydrogen-bond donors (Lipinski definition) is 0. The van der Waals surface area contributed by atoms with E-state index < -0.39 is 5.97 Å². The molecule has 4 saturated carbocycles. The Morgan fingerprint density at radius 3 is 2.67 bits per heavy atom. The maximum Gasteiger partial charge on any atom is 0.348 e. The second kappa shape index (κ2) is 6.94. The quantitative estimate of drug-likeness (QED) is 0.351. The first-order valence-corrected chi connectivity index (χ1v) is 11.3. The standard InChI is InChI=1S/C24H35NO2/c1-4-27-22(26)18(15-25)20-11-10-19-17-9-8-16-7-5-6-13-23(16,2)21(17)12-14-24(19,20)3/h16-17,19,21H,4-14H2,1-3H3/b20-18-/t16?,17?,19?,21?,23-,24-/m0/s1. The molecule has 4 fully saturated rings. The predicted octanol–water partition coefficient (Wildman–Crippen LogP) is 5.80. The first-order chi connectivity index (χ1) is 13.0. The molecule has 0 radical (unpaired) electrons. The highest BCUT2D eigenvalue weighted by molar-refractivity contribution is 5.94. The lowest BCUT2D eigenvalue weighted by molar-refractivity contribution is -0.138. The molecule has 0 aliphatic heterocycles. The molecule has 6 atom stereocenters. The zero-order chi connectivity index (χ0) is 19.2. The third-order valence-corrected chi connectivity index (χ3v) is 9.26. The van der Waals surface area contributed by atoms with Crippen LogP contribution in [0.1, 0.15) is 85.0 Å². The van der Waals surface area contributed by atoms with Crippen molar-refractivity contribution in [3.05, 3.63) is 11.1 Å². The van der Waals surface area contributed by atoms with E-state index in [1.54, 1.807) is 0 Å². The minimum atomic E-state index is -0.401. The lowest BCUT2D eigenvalue weighted by Gasteiger charge is -2.60. The molecule has 0 bridgehead atoms. The Labute approximate surface area is 164 Å². The van der Waals surface area contributed by atoms with Crippen molar-refractivity contribution in [1.82, 2.24) is 0 Å². The molecule has 0 spiro atoms. The lowest BCUT2D eigenvalue weighted by Crippen LogP contribution is -2.52. The van der Waals surface area contributed by atoms with Crippen molar-refractivity contribution in [2.24, 2.45) is 34.5 Å². The summed E-state index contributed by atoms with van der Waals surface area (Å²) in [5, 5.41) is 9.71. The van der Waals surface area contributed by atoms with Crippen molar-refractivity contribution in [2.45, 2.75) is 85.0 Å². The van der Waals surface area contributed by atoms with Crippen LogP contribution in [0.5, 0.6) is 0 Å². The summed E-state index contributed by atoms with van der Waals surface area (Å²) < 4.78 is 5.21. The Morgan fingerprint density at radius 2 is 1.93 bits per heavy atom. The van der Waals surface area contributed by atoms with Gasteiger partial charge in [-0.25, -0.2) is 4.79 Å². The fraction of sp³-hybridized carbons (Fsp3) is 0.833. The zero-order valence-electron chi connectivity index (χ0n) is 17.4. The summed E-state index contributed by atoms with van der Waals surface area (Å²) in [5.41, 5.74) is 1.99. The van der Waals surface area contributed by atoms with E-state index in [1.807, 2.05) is 6.92 Å². The molecule has 4 rings (SSSR count). The molecule has 0 amide bonds. The minimum absolute atomic E-state index is 0.0247. The largest absolute Gasteiger partial charge is 0.462 e. The Hall–Kier alpha value is -1.30. The molecule has 0 heterocycles. The molecule has 4 unspecified atom stereocenters. The zero-order valence-corrected chi connectivity index (χ0v) is 17.4. The van der Waals surface area contributed by atoms with Crippen LogP contribution < -0.4 is 0 Å². The monoisotopic (exact) mass is 369 g/mol. The van der Waals surface area contributed by atoms with Gasteiger partial charge in [0.1, 0.15) is 11.6 Å². The number of carbonyl (C=O) groups is 1. The molecule has 0 saturated heterocycles. The second-order valence-corrected chi connectivity index (χ2v) is 10.1. The van der Waals surface area contributed by atoms with E-state index in [-0.39, 0.29) is 5.41 Å². The van der Waals surface area contributed by atoms with Gasteiger partial charge in [-0.05, 0) is 98.4 Å². The maximum atomic E-state index is 12.4. The summed E-state index contributed by atoms with van der Waals surface area (Å²) in [6.45, 7) is 7.09. The molecule has 4 aliphatic rings. The van der Waals surface area contributed by atoms with Crippen LogP contribution >= 0.6 is 0 Å². The summed E-state index contributed by atoms with van der Waals surface area (Å²) in [7, 11) is 0. The minimum Gasteiger partial charge on any atom is -0.462 e. The van der Waals surface area contributed by atoms with E-state index in [2.05, 4.69) is 19.9 Å². The van der Waals surface area contributed by atoms with Gasteiger partial charge in [-0.2, -0.15) is 5.26 Å². The summed E-state index contributed by atoms with van der Waals surface area (Å²) >= 11 is 0. The van der Waals surface area contributed by atoms with E-state index in [0.717, 1.165) is 42.6 Å². The molecule has 27 heavy (non-hydrogen) atoms. The average molecular weight is 370 g/mol. The van der Waals surface area contributed by atoms with E-state index in [0.29, 0.717) is 23.5 Å². The predicted molar refractivity (Wildman–Crippen MR) is 106 cm³/mol. The number of hydrogen-bond acceptors (Lipinski definition) is 3. The Kier molecular flexibility index (Phi) is 4.90. The Bertz CT molecular complexity index is 689. The van der Waals surface area contributed by atoms with Gasteiger partial charge in [-0.1, -0.05) is 26.7 Å². The van der Waals surface area contributed by atoms with Crippen LogP contribution in [0, 0.1) is 45.8 Å². The molecule has 3 heteroatoms. The van der Waals surface area contributed by atoms with E-state index >= 15 is 0 Å². The number of carbonyl (C=O) groups excluding carboxylic acids is 1. The Balaban J connectivity index is 1.65. The topological polar surface area (TPSA) is 50.1 Å². The summed E-state index contributed by atoms with van der Waals surface area (Å²) in [6.07, 6.45) is 12.9. The number of fused-ring (bicyclic) bond motifs is 5. The third kappa shape index (κ3) is 2.78. The highest BCUT2D eigenvalue weighted by atomic mass is 16.5. The number of allylic oxidation sites excluding steroid dienone is 1. The number of nitriles is 1. The van der Waals surface area contributed by atoms with Gasteiger partial charge in [0.25, 0.3) is 0 Å². The molecule has 0 aromatic carbocycles. The Morgan fingerprint density at radius 1 is 1.11 bits per heavy atom. The van der Waals surface area contributed by atoms with E-state index in [1.165, 1.54) is 44.9 Å². The number of ether oxygens (including phenoxy) is 1. The van der Waals surface area contributed by atoms with E-state index in [9.17, 15) is 10.1 Å². The SMILES string of the molecule is CCOC(=O)/C(C#N)=C1/CCC2C3CCC4CCCC[C@]4(C)C3CC[C@]12C. The molecule has 3 nitrogen and oxygen atoms in total. The molecule has 0 N–H and O–H groups in total. The number of esters is 1. The fourth-order valence-corrected chi connectivity index (χ4v) is 7.96. The van der Waals surface area contributed by atoms with Crippen LogP contribution in [0.4, 0.5) is 0 Å².